The fraction of sp³-hybridized carbons (Fsp3) is 0.484. The van der Waals surface area contributed by atoms with Gasteiger partial charge >= 0.3 is 17.9 Å². The maximum atomic E-state index is 13.4. The van der Waals surface area contributed by atoms with E-state index in [-0.39, 0.29) is 12.2 Å². The molecule has 0 radical (unpaired) electrons. The summed E-state index contributed by atoms with van der Waals surface area (Å²) in [5, 5.41) is 50.5. The van der Waals surface area contributed by atoms with Crippen molar-refractivity contribution < 1.29 is 68.4 Å². The molecule has 286 valence electrons. The van der Waals surface area contributed by atoms with E-state index in [2.05, 4.69) is 31.9 Å². The number of aliphatic carboxylic acids is 3. The van der Waals surface area contributed by atoms with Crippen molar-refractivity contribution in [1.82, 2.24) is 31.9 Å². The zero-order chi connectivity index (χ0) is 39.7. The minimum atomic E-state index is -1.82. The first-order chi connectivity index (χ1) is 24.2. The van der Waals surface area contributed by atoms with Crippen molar-refractivity contribution in [3.63, 3.8) is 0 Å². The van der Waals surface area contributed by atoms with E-state index in [1.165, 1.54) is 31.2 Å². The lowest BCUT2D eigenvalue weighted by atomic mass is 10.0. The molecule has 1 aromatic rings. The normalized spacial score (nSPS) is 14.1. The van der Waals surface area contributed by atoms with Crippen molar-refractivity contribution in [2.45, 2.75) is 95.5 Å². The van der Waals surface area contributed by atoms with Crippen LogP contribution in [0.3, 0.4) is 0 Å². The molecular formula is C31H43N7O14. The van der Waals surface area contributed by atoms with E-state index < -0.39 is 128 Å². The number of hydrogen-bond acceptors (Lipinski definition) is 11. The predicted molar refractivity (Wildman–Crippen MR) is 176 cm³/mol. The fourth-order valence-corrected chi connectivity index (χ4v) is 4.39. The summed E-state index contributed by atoms with van der Waals surface area (Å²) in [5.41, 5.74) is 5.67. The van der Waals surface area contributed by atoms with E-state index in [1.54, 1.807) is 0 Å². The van der Waals surface area contributed by atoms with Gasteiger partial charge in [-0.2, -0.15) is 0 Å². The number of aromatic hydroxyl groups is 1. The smallest absolute Gasteiger partial charge is 0.305 e. The number of benzene rings is 1. The third-order valence-electron chi connectivity index (χ3n) is 7.18. The molecule has 0 fully saturated rings. The molecule has 21 nitrogen and oxygen atoms in total. The summed E-state index contributed by atoms with van der Waals surface area (Å²) in [6.07, 6.45) is -3.29. The fourth-order valence-electron chi connectivity index (χ4n) is 4.39. The molecule has 0 bridgehead atoms. The van der Waals surface area contributed by atoms with Gasteiger partial charge in [0.1, 0.15) is 42.0 Å². The van der Waals surface area contributed by atoms with E-state index in [9.17, 15) is 63.3 Å². The second-order valence-corrected chi connectivity index (χ2v) is 11.6. The quantitative estimate of drug-likeness (QED) is 0.0553. The van der Waals surface area contributed by atoms with Crippen molar-refractivity contribution >= 4 is 59.3 Å². The third-order valence-corrected chi connectivity index (χ3v) is 7.18. The van der Waals surface area contributed by atoms with Gasteiger partial charge in [0.05, 0.1) is 6.42 Å². The Morgan fingerprint density at radius 1 is 0.577 bits per heavy atom. The van der Waals surface area contributed by atoms with Gasteiger partial charge in [-0.3, -0.25) is 47.9 Å². The number of rotatable bonds is 22. The number of primary amides is 1. The van der Waals surface area contributed by atoms with E-state index in [1.807, 2.05) is 0 Å². The largest absolute Gasteiger partial charge is 0.508 e. The predicted octanol–water partition coefficient (Wildman–Crippen LogP) is -3.41. The van der Waals surface area contributed by atoms with E-state index >= 15 is 0 Å². The Morgan fingerprint density at radius 2 is 1.00 bits per heavy atom. The van der Waals surface area contributed by atoms with Crippen LogP contribution in [0, 0.1) is 0 Å². The number of carboxylic acid groups (broad SMARTS) is 3. The molecule has 0 unspecified atom stereocenters. The SMILES string of the molecule is CC(=O)N[C@@H](CCC(=O)O)C(=O)N[C@@H](CC(=O)O)C(=O)N[C@@H](C)C(=O)N[C@@H](CCC(=O)O)C(=O)N[C@@H](Cc1ccc(O)cc1)C(=O)N[C@@H](C)C(N)=O. The number of phenolic OH excluding ortho intramolecular Hbond substituents is 1. The van der Waals surface area contributed by atoms with Crippen molar-refractivity contribution in [3.05, 3.63) is 29.8 Å². The Bertz CT molecular complexity index is 1520. The van der Waals surface area contributed by atoms with Crippen LogP contribution in [0.15, 0.2) is 24.3 Å². The summed E-state index contributed by atoms with van der Waals surface area (Å²) in [4.78, 5) is 122. The van der Waals surface area contributed by atoms with Crippen LogP contribution in [0.4, 0.5) is 0 Å². The number of amides is 7. The van der Waals surface area contributed by atoms with Gasteiger partial charge in [-0.15, -0.1) is 0 Å². The Balaban J connectivity index is 3.19. The zero-order valence-electron chi connectivity index (χ0n) is 28.5. The molecule has 0 aliphatic carbocycles. The van der Waals surface area contributed by atoms with Crippen LogP contribution in [0.1, 0.15) is 58.4 Å². The Morgan fingerprint density at radius 3 is 1.46 bits per heavy atom. The van der Waals surface area contributed by atoms with Gasteiger partial charge in [0.2, 0.25) is 41.4 Å². The highest BCUT2D eigenvalue weighted by atomic mass is 16.4. The van der Waals surface area contributed by atoms with Crippen LogP contribution in [0.2, 0.25) is 0 Å². The zero-order valence-corrected chi connectivity index (χ0v) is 28.5. The van der Waals surface area contributed by atoms with Gasteiger partial charge in [-0.1, -0.05) is 12.1 Å². The Kier molecular flexibility index (Phi) is 17.7. The van der Waals surface area contributed by atoms with Gasteiger partial charge in [0.15, 0.2) is 0 Å². The van der Waals surface area contributed by atoms with E-state index in [0.717, 1.165) is 13.8 Å². The average Bonchev–Trinajstić information content (AvgIpc) is 3.04. The van der Waals surface area contributed by atoms with Gasteiger partial charge in [0.25, 0.3) is 0 Å². The second kappa shape index (κ2) is 21.1. The lowest BCUT2D eigenvalue weighted by Crippen LogP contribution is -2.59. The summed E-state index contributed by atoms with van der Waals surface area (Å²) in [7, 11) is 0. The lowest BCUT2D eigenvalue weighted by molar-refractivity contribution is -0.142. The maximum Gasteiger partial charge on any atom is 0.305 e. The molecular weight excluding hydrogens is 694 g/mol. The number of nitrogens with two attached hydrogens (primary N) is 1. The molecule has 6 atom stereocenters. The third kappa shape index (κ3) is 16.4. The highest BCUT2D eigenvalue weighted by Crippen LogP contribution is 2.12. The topological polar surface area (TPSA) is 350 Å². The van der Waals surface area contributed by atoms with Gasteiger partial charge in [-0.05, 0) is 44.4 Å². The summed E-state index contributed by atoms with van der Waals surface area (Å²) in [6, 6.07) is -3.46. The van der Waals surface area contributed by atoms with Gasteiger partial charge in [0, 0.05) is 26.2 Å². The van der Waals surface area contributed by atoms with Crippen LogP contribution in [0.5, 0.6) is 5.75 Å². The molecule has 1 aromatic carbocycles. The van der Waals surface area contributed by atoms with E-state index in [4.69, 9.17) is 10.8 Å². The molecule has 0 saturated carbocycles. The maximum absolute atomic E-state index is 13.4. The average molecular weight is 738 g/mol. The number of hydrogen-bond donors (Lipinski definition) is 11. The molecule has 1 rings (SSSR count). The monoisotopic (exact) mass is 737 g/mol. The number of carbonyl (C=O) groups is 10. The standard InChI is InChI=1S/C31H43N7O14/c1-14(26(32)47)33-30(51)21(12-17-4-6-18(40)7-5-17)37-29(50)20(9-11-24(43)44)36-27(48)15(2)34-31(52)22(13-25(45)46)38-28(49)19(35-16(3)39)8-10-23(41)42/h4-7,14-15,19-22,40H,8-13H2,1-3H3,(H2,32,47)(H,33,51)(H,34,52)(H,35,39)(H,36,48)(H,37,50)(H,38,49)(H,41,42)(H,43,44)(H,45,46)/t14-,15-,19-,20-,21-,22-/m0/s1. The first kappa shape index (κ1) is 43.7. The first-order valence-electron chi connectivity index (χ1n) is 15.7. The summed E-state index contributed by atoms with van der Waals surface area (Å²) in [5.74, 6) is -11.2. The first-order valence-corrected chi connectivity index (χ1v) is 15.7. The molecule has 0 saturated heterocycles. The Labute approximate surface area is 296 Å². The molecule has 7 amide bonds. The van der Waals surface area contributed by atoms with E-state index in [0.29, 0.717) is 5.56 Å². The number of nitrogens with one attached hydrogen (secondary N) is 6. The van der Waals surface area contributed by atoms with Crippen LogP contribution in [0.25, 0.3) is 0 Å². The van der Waals surface area contributed by atoms with Crippen LogP contribution in [-0.2, 0) is 54.4 Å². The summed E-state index contributed by atoms with van der Waals surface area (Å²) < 4.78 is 0. The molecule has 21 heteroatoms. The Hall–Kier alpha value is -6.28. The minimum Gasteiger partial charge on any atom is -0.508 e. The van der Waals surface area contributed by atoms with Crippen molar-refractivity contribution in [3.8, 4) is 5.75 Å². The van der Waals surface area contributed by atoms with Crippen LogP contribution in [-0.4, -0.2) is 116 Å². The van der Waals surface area contributed by atoms with Gasteiger partial charge < -0.3 is 58.1 Å². The summed E-state index contributed by atoms with van der Waals surface area (Å²) in [6.45, 7) is 3.46. The number of carboxylic acids is 3. The highest BCUT2D eigenvalue weighted by Gasteiger charge is 2.33. The molecule has 52 heavy (non-hydrogen) atoms. The molecule has 0 heterocycles. The van der Waals surface area contributed by atoms with Crippen LogP contribution >= 0.6 is 0 Å². The van der Waals surface area contributed by atoms with Crippen molar-refractivity contribution in [1.29, 1.82) is 0 Å². The summed E-state index contributed by atoms with van der Waals surface area (Å²) >= 11 is 0. The molecule has 0 spiro atoms. The lowest BCUT2D eigenvalue weighted by Gasteiger charge is -2.26. The molecule has 12 N–H and O–H groups in total. The minimum absolute atomic E-state index is 0.0876. The number of carbonyl (C=O) groups excluding carboxylic acids is 7. The molecule has 0 aromatic heterocycles. The van der Waals surface area contributed by atoms with Crippen molar-refractivity contribution in [2.24, 2.45) is 5.73 Å². The second-order valence-electron chi connectivity index (χ2n) is 11.6. The molecule has 0 aliphatic heterocycles. The van der Waals surface area contributed by atoms with Gasteiger partial charge in [-0.25, -0.2) is 0 Å². The number of phenols is 1. The van der Waals surface area contributed by atoms with Crippen molar-refractivity contribution in [2.75, 3.05) is 0 Å². The highest BCUT2D eigenvalue weighted by molar-refractivity contribution is 5.97. The van der Waals surface area contributed by atoms with Crippen LogP contribution < -0.4 is 37.6 Å². The molecule has 0 aliphatic rings.